The Morgan fingerprint density at radius 3 is 2.65 bits per heavy atom. The largest absolute Gasteiger partial charge is 0.492 e. The number of halogens is 2. The van der Waals surface area contributed by atoms with Crippen molar-refractivity contribution in [2.75, 3.05) is 6.61 Å². The van der Waals surface area contributed by atoms with Gasteiger partial charge in [-0.3, -0.25) is 4.68 Å². The molecule has 0 amide bonds. The van der Waals surface area contributed by atoms with Crippen LogP contribution in [0.25, 0.3) is 0 Å². The number of rotatable bonds is 5. The molecule has 0 fully saturated rings. The van der Waals surface area contributed by atoms with E-state index in [9.17, 15) is 4.39 Å². The van der Waals surface area contributed by atoms with Crippen molar-refractivity contribution in [3.63, 3.8) is 0 Å². The zero-order valence-corrected chi connectivity index (χ0v) is 16.0. The lowest BCUT2D eigenvalue weighted by molar-refractivity contribution is 0.316. The Morgan fingerprint density at radius 1 is 1.30 bits per heavy atom. The molecule has 23 heavy (non-hydrogen) atoms. The average Bonchev–Trinajstić information content (AvgIpc) is 2.68. The van der Waals surface area contributed by atoms with E-state index < -0.39 is 0 Å². The molecule has 1 aromatic heterocycles. The van der Waals surface area contributed by atoms with Crippen LogP contribution in [0.3, 0.4) is 0 Å². The van der Waals surface area contributed by atoms with Crippen molar-refractivity contribution in [1.82, 2.24) is 9.78 Å². The highest BCUT2D eigenvalue weighted by molar-refractivity contribution is 9.10. The first-order chi connectivity index (χ1) is 10.7. The second kappa shape index (κ2) is 7.04. The van der Waals surface area contributed by atoms with Crippen molar-refractivity contribution < 1.29 is 9.13 Å². The predicted octanol–water partition coefficient (Wildman–Crippen LogP) is 4.84. The van der Waals surface area contributed by atoms with E-state index in [1.54, 1.807) is 6.07 Å². The molecule has 2 rings (SSSR count). The molecule has 0 aliphatic rings. The molecule has 1 aromatic carbocycles. The van der Waals surface area contributed by atoms with Crippen molar-refractivity contribution in [2.45, 2.75) is 40.5 Å². The SMILES string of the molecule is Cc1c(CCOc2cc(F)ccc2Br)c(CC(C)(C)C)nn1C. The van der Waals surface area contributed by atoms with Gasteiger partial charge in [-0.15, -0.1) is 0 Å². The molecule has 0 N–H and O–H groups in total. The summed E-state index contributed by atoms with van der Waals surface area (Å²) in [5.74, 6) is 0.234. The van der Waals surface area contributed by atoms with Crippen molar-refractivity contribution in [1.29, 1.82) is 0 Å². The summed E-state index contributed by atoms with van der Waals surface area (Å²) in [5.41, 5.74) is 3.70. The summed E-state index contributed by atoms with van der Waals surface area (Å²) in [4.78, 5) is 0. The number of aryl methyl sites for hydroxylation is 1. The summed E-state index contributed by atoms with van der Waals surface area (Å²) < 4.78 is 21.7. The van der Waals surface area contributed by atoms with Crippen LogP contribution in [-0.4, -0.2) is 16.4 Å². The zero-order valence-electron chi connectivity index (χ0n) is 14.4. The smallest absolute Gasteiger partial charge is 0.136 e. The zero-order chi connectivity index (χ0) is 17.2. The van der Waals surface area contributed by atoms with Gasteiger partial charge in [0.05, 0.1) is 16.8 Å². The van der Waals surface area contributed by atoms with Gasteiger partial charge in [0, 0.05) is 25.2 Å². The Hall–Kier alpha value is -1.36. The fourth-order valence-electron chi connectivity index (χ4n) is 2.54. The Balaban J connectivity index is 2.09. The maximum atomic E-state index is 13.3. The second-order valence-electron chi connectivity index (χ2n) is 7.04. The van der Waals surface area contributed by atoms with Gasteiger partial charge >= 0.3 is 0 Å². The van der Waals surface area contributed by atoms with E-state index >= 15 is 0 Å². The summed E-state index contributed by atoms with van der Waals surface area (Å²) in [5, 5.41) is 4.64. The summed E-state index contributed by atoms with van der Waals surface area (Å²) in [6, 6.07) is 4.46. The Labute approximate surface area is 146 Å². The van der Waals surface area contributed by atoms with E-state index in [-0.39, 0.29) is 11.2 Å². The molecule has 0 saturated carbocycles. The van der Waals surface area contributed by atoms with Crippen LogP contribution in [0.1, 0.15) is 37.7 Å². The van der Waals surface area contributed by atoms with E-state index in [1.807, 2.05) is 11.7 Å². The standard InChI is InChI=1S/C18H24BrFN2O/c1-12-14(16(21-22(12)5)11-18(2,3)4)8-9-23-17-10-13(20)6-7-15(17)19/h6-7,10H,8-9,11H2,1-5H3. The first-order valence-electron chi connectivity index (χ1n) is 7.76. The number of benzene rings is 1. The molecule has 2 aromatic rings. The lowest BCUT2D eigenvalue weighted by Gasteiger charge is -2.17. The van der Waals surface area contributed by atoms with Crippen molar-refractivity contribution in [2.24, 2.45) is 12.5 Å². The third-order valence-corrected chi connectivity index (χ3v) is 4.40. The Bertz CT molecular complexity index is 689. The molecular formula is C18H24BrFN2O. The highest BCUT2D eigenvalue weighted by atomic mass is 79.9. The third kappa shape index (κ3) is 4.80. The highest BCUT2D eigenvalue weighted by Gasteiger charge is 2.19. The quantitative estimate of drug-likeness (QED) is 0.739. The van der Waals surface area contributed by atoms with E-state index in [0.29, 0.717) is 12.4 Å². The van der Waals surface area contributed by atoms with Gasteiger partial charge < -0.3 is 4.74 Å². The van der Waals surface area contributed by atoms with E-state index in [2.05, 4.69) is 48.7 Å². The number of aromatic nitrogens is 2. The maximum absolute atomic E-state index is 13.3. The molecule has 0 atom stereocenters. The molecular weight excluding hydrogens is 359 g/mol. The molecule has 5 heteroatoms. The minimum Gasteiger partial charge on any atom is -0.492 e. The molecule has 0 aliphatic carbocycles. The van der Waals surface area contributed by atoms with Gasteiger partial charge in [-0.2, -0.15) is 5.10 Å². The average molecular weight is 383 g/mol. The fourth-order valence-corrected chi connectivity index (χ4v) is 2.90. The number of nitrogens with zero attached hydrogens (tertiary/aromatic N) is 2. The normalized spacial score (nSPS) is 11.8. The molecule has 0 aliphatic heterocycles. The lowest BCUT2D eigenvalue weighted by Crippen LogP contribution is -2.12. The van der Waals surface area contributed by atoms with Crippen LogP contribution in [0, 0.1) is 18.2 Å². The van der Waals surface area contributed by atoms with Crippen LogP contribution in [-0.2, 0) is 19.9 Å². The van der Waals surface area contributed by atoms with E-state index in [1.165, 1.54) is 17.7 Å². The number of hydrogen-bond acceptors (Lipinski definition) is 2. The maximum Gasteiger partial charge on any atom is 0.136 e. The van der Waals surface area contributed by atoms with Crippen LogP contribution < -0.4 is 4.74 Å². The minimum absolute atomic E-state index is 0.183. The van der Waals surface area contributed by atoms with Crippen LogP contribution >= 0.6 is 15.9 Å². The molecule has 3 nitrogen and oxygen atoms in total. The van der Waals surface area contributed by atoms with Crippen LogP contribution in [0.15, 0.2) is 22.7 Å². The van der Waals surface area contributed by atoms with Crippen LogP contribution in [0.2, 0.25) is 0 Å². The van der Waals surface area contributed by atoms with Gasteiger partial charge in [-0.25, -0.2) is 4.39 Å². The van der Waals surface area contributed by atoms with Gasteiger partial charge in [0.15, 0.2) is 0 Å². The minimum atomic E-state index is -0.297. The van der Waals surface area contributed by atoms with Gasteiger partial charge in [0.2, 0.25) is 0 Å². The Morgan fingerprint density at radius 2 is 2.00 bits per heavy atom. The van der Waals surface area contributed by atoms with Gasteiger partial charge in [-0.05, 0) is 52.4 Å². The topological polar surface area (TPSA) is 27.1 Å². The summed E-state index contributed by atoms with van der Waals surface area (Å²) in [7, 11) is 1.97. The molecule has 0 unspecified atom stereocenters. The third-order valence-electron chi connectivity index (χ3n) is 3.74. The summed E-state index contributed by atoms with van der Waals surface area (Å²) >= 11 is 3.38. The van der Waals surface area contributed by atoms with Gasteiger partial charge in [-0.1, -0.05) is 20.8 Å². The van der Waals surface area contributed by atoms with Crippen molar-refractivity contribution in [3.8, 4) is 5.75 Å². The fraction of sp³-hybridized carbons (Fsp3) is 0.500. The summed E-state index contributed by atoms with van der Waals surface area (Å²) in [6.07, 6.45) is 1.68. The molecule has 0 bridgehead atoms. The predicted molar refractivity (Wildman–Crippen MR) is 94.4 cm³/mol. The number of ether oxygens (including phenoxy) is 1. The molecule has 0 spiro atoms. The van der Waals surface area contributed by atoms with E-state index in [0.717, 1.165) is 28.7 Å². The highest BCUT2D eigenvalue weighted by Crippen LogP contribution is 2.27. The monoisotopic (exact) mass is 382 g/mol. The summed E-state index contributed by atoms with van der Waals surface area (Å²) in [6.45, 7) is 9.20. The van der Waals surface area contributed by atoms with E-state index in [4.69, 9.17) is 4.74 Å². The van der Waals surface area contributed by atoms with Crippen molar-refractivity contribution >= 4 is 15.9 Å². The Kier molecular flexibility index (Phi) is 5.50. The second-order valence-corrected chi connectivity index (χ2v) is 7.90. The van der Waals surface area contributed by atoms with Crippen LogP contribution in [0.4, 0.5) is 4.39 Å². The first kappa shape index (κ1) is 18.0. The lowest BCUT2D eigenvalue weighted by atomic mass is 9.88. The molecule has 0 saturated heterocycles. The number of hydrogen-bond donors (Lipinski definition) is 0. The molecule has 1 heterocycles. The molecule has 126 valence electrons. The first-order valence-corrected chi connectivity index (χ1v) is 8.56. The van der Waals surface area contributed by atoms with Crippen LogP contribution in [0.5, 0.6) is 5.75 Å². The van der Waals surface area contributed by atoms with Crippen molar-refractivity contribution in [3.05, 3.63) is 45.4 Å². The van der Waals surface area contributed by atoms with Gasteiger partial charge in [0.1, 0.15) is 11.6 Å². The van der Waals surface area contributed by atoms with Gasteiger partial charge in [0.25, 0.3) is 0 Å². The molecule has 0 radical (unpaired) electrons.